The summed E-state index contributed by atoms with van der Waals surface area (Å²) in [7, 11) is 1.68. The van der Waals surface area contributed by atoms with Crippen molar-refractivity contribution in [2.75, 3.05) is 51.3 Å². The molecule has 202 valence electrons. The highest BCUT2D eigenvalue weighted by molar-refractivity contribution is 9.10. The number of aliphatic hydroxyl groups is 1. The summed E-state index contributed by atoms with van der Waals surface area (Å²) in [4.78, 5) is 15.4. The molecule has 4 rings (SSSR count). The van der Waals surface area contributed by atoms with E-state index in [1.54, 1.807) is 19.3 Å². The van der Waals surface area contributed by atoms with E-state index in [1.807, 2.05) is 48.5 Å². The maximum atomic E-state index is 11.3. The van der Waals surface area contributed by atoms with Crippen LogP contribution in [0.15, 0.2) is 71.2 Å². The van der Waals surface area contributed by atoms with Gasteiger partial charge in [0.15, 0.2) is 0 Å². The topological polar surface area (TPSA) is 88.3 Å². The van der Waals surface area contributed by atoms with Gasteiger partial charge < -0.3 is 19.5 Å². The number of halogens is 2. The molecule has 0 spiro atoms. The molecule has 1 fully saturated rings. The predicted molar refractivity (Wildman–Crippen MR) is 157 cm³/mol. The highest BCUT2D eigenvalue weighted by Crippen LogP contribution is 2.29. The van der Waals surface area contributed by atoms with Crippen LogP contribution < -0.4 is 14.4 Å². The van der Waals surface area contributed by atoms with E-state index in [4.69, 9.17) is 9.47 Å². The van der Waals surface area contributed by atoms with Crippen molar-refractivity contribution >= 4 is 51.9 Å². The second-order valence-corrected chi connectivity index (χ2v) is 9.61. The lowest BCUT2D eigenvalue weighted by Gasteiger charge is -2.37. The van der Waals surface area contributed by atoms with Gasteiger partial charge in [-0.05, 0) is 29.8 Å². The van der Waals surface area contributed by atoms with E-state index in [0.717, 1.165) is 47.7 Å². The van der Waals surface area contributed by atoms with E-state index in [1.165, 1.54) is 12.1 Å². The smallest absolute Gasteiger partial charge is 0.270 e. The highest BCUT2D eigenvalue weighted by atomic mass is 79.9. The van der Waals surface area contributed by atoms with Crippen LogP contribution in [0.4, 0.5) is 11.4 Å². The van der Waals surface area contributed by atoms with Gasteiger partial charge in [0, 0.05) is 54.9 Å². The predicted octanol–water partition coefficient (Wildman–Crippen LogP) is 5.52. The molecule has 8 nitrogen and oxygen atoms in total. The number of aliphatic hydroxyl groups excluding tert-OH is 1. The molecule has 0 amide bonds. The van der Waals surface area contributed by atoms with E-state index in [0.29, 0.717) is 17.9 Å². The molecule has 10 heteroatoms. The quantitative estimate of drug-likeness (QED) is 0.185. The Kier molecular flexibility index (Phi) is 11.0. The maximum Gasteiger partial charge on any atom is 0.270 e. The molecule has 3 aromatic carbocycles. The van der Waals surface area contributed by atoms with Gasteiger partial charge in [-0.3, -0.25) is 15.0 Å². The summed E-state index contributed by atoms with van der Waals surface area (Å²) in [6.45, 7) is 3.86. The molecule has 0 bridgehead atoms. The lowest BCUT2D eigenvalue weighted by atomic mass is 10.1. The molecule has 1 aliphatic rings. The first-order valence-electron chi connectivity index (χ1n) is 12.1. The van der Waals surface area contributed by atoms with Crippen molar-refractivity contribution in [1.82, 2.24) is 4.90 Å². The molecular weight excluding hydrogens is 574 g/mol. The molecule has 0 aromatic heterocycles. The maximum absolute atomic E-state index is 11.3. The van der Waals surface area contributed by atoms with E-state index >= 15 is 0 Å². The molecule has 0 radical (unpaired) electrons. The molecule has 1 heterocycles. The monoisotopic (exact) mass is 603 g/mol. The molecule has 0 saturated carbocycles. The van der Waals surface area contributed by atoms with Crippen LogP contribution in [0.1, 0.15) is 11.1 Å². The van der Waals surface area contributed by atoms with E-state index in [-0.39, 0.29) is 24.7 Å². The Bertz CT molecular complexity index is 1250. The number of piperazine rings is 1. The average molecular weight is 605 g/mol. The number of hydrogen-bond donors (Lipinski definition) is 1. The van der Waals surface area contributed by atoms with Crippen LogP contribution in [-0.2, 0) is 0 Å². The van der Waals surface area contributed by atoms with E-state index in [2.05, 4.69) is 31.8 Å². The summed E-state index contributed by atoms with van der Waals surface area (Å²) in [5, 5.41) is 22.0. The Morgan fingerprint density at radius 1 is 1.00 bits per heavy atom. The molecule has 1 N–H and O–H groups in total. The molecule has 0 aliphatic carbocycles. The fraction of sp³-hybridized carbons (Fsp3) is 0.286. The number of anilines is 1. The van der Waals surface area contributed by atoms with E-state index in [9.17, 15) is 15.2 Å². The van der Waals surface area contributed by atoms with Crippen LogP contribution in [0, 0.1) is 10.1 Å². The van der Waals surface area contributed by atoms with Crippen molar-refractivity contribution in [3.8, 4) is 11.5 Å². The number of benzene rings is 3. The van der Waals surface area contributed by atoms with Gasteiger partial charge in [-0.1, -0.05) is 58.4 Å². The number of nitro benzene ring substituents is 1. The van der Waals surface area contributed by atoms with Gasteiger partial charge in [-0.15, -0.1) is 12.4 Å². The molecule has 3 aromatic rings. The third kappa shape index (κ3) is 7.70. The molecular formula is C28H31BrClN3O5. The van der Waals surface area contributed by atoms with Gasteiger partial charge in [-0.25, -0.2) is 0 Å². The van der Waals surface area contributed by atoms with Gasteiger partial charge in [0.1, 0.15) is 24.2 Å². The van der Waals surface area contributed by atoms with Crippen LogP contribution in [0.2, 0.25) is 0 Å². The minimum atomic E-state index is -0.701. The zero-order valence-electron chi connectivity index (χ0n) is 21.0. The number of non-ortho nitro benzene ring substituents is 1. The molecule has 1 atom stereocenters. The number of ether oxygens (including phenoxy) is 2. The van der Waals surface area contributed by atoms with Crippen LogP contribution >= 0.6 is 28.3 Å². The van der Waals surface area contributed by atoms with Gasteiger partial charge >= 0.3 is 0 Å². The molecule has 38 heavy (non-hydrogen) atoms. The summed E-state index contributed by atoms with van der Waals surface area (Å²) in [5.74, 6) is 1.34. The number of hydrogen-bond acceptors (Lipinski definition) is 7. The van der Waals surface area contributed by atoms with Gasteiger partial charge in [0.2, 0.25) is 0 Å². The lowest BCUT2D eigenvalue weighted by Crippen LogP contribution is -2.49. The molecule has 1 saturated heterocycles. The van der Waals surface area contributed by atoms with Crippen LogP contribution in [0.25, 0.3) is 12.2 Å². The Morgan fingerprint density at radius 2 is 1.68 bits per heavy atom. The Hall–Kier alpha value is -3.11. The van der Waals surface area contributed by atoms with Gasteiger partial charge in [0.05, 0.1) is 17.7 Å². The summed E-state index contributed by atoms with van der Waals surface area (Å²) in [6, 6.07) is 20.2. The van der Waals surface area contributed by atoms with Gasteiger partial charge in [-0.2, -0.15) is 0 Å². The normalized spacial score (nSPS) is 14.7. The van der Waals surface area contributed by atoms with Crippen molar-refractivity contribution in [3.63, 3.8) is 0 Å². The lowest BCUT2D eigenvalue weighted by molar-refractivity contribution is -0.384. The first kappa shape index (κ1) is 29.4. The summed E-state index contributed by atoms with van der Waals surface area (Å²) in [6.07, 6.45) is 2.95. The number of para-hydroxylation sites is 2. The Morgan fingerprint density at radius 3 is 2.39 bits per heavy atom. The van der Waals surface area contributed by atoms with E-state index < -0.39 is 11.0 Å². The SMILES string of the molecule is COc1ccccc1N1CCN(CC(O)COc2ccc([N+](=O)[O-])cc2C=Cc2ccccc2Br)CC1.Cl. The fourth-order valence-corrected chi connectivity index (χ4v) is 4.72. The van der Waals surface area contributed by atoms with Crippen LogP contribution in [0.5, 0.6) is 11.5 Å². The van der Waals surface area contributed by atoms with Crippen molar-refractivity contribution < 1.29 is 19.5 Å². The third-order valence-corrected chi connectivity index (χ3v) is 6.97. The first-order valence-corrected chi connectivity index (χ1v) is 12.9. The van der Waals surface area contributed by atoms with Crippen molar-refractivity contribution in [1.29, 1.82) is 0 Å². The summed E-state index contributed by atoms with van der Waals surface area (Å²) >= 11 is 3.51. The molecule has 1 aliphatic heterocycles. The summed E-state index contributed by atoms with van der Waals surface area (Å²) in [5.41, 5.74) is 2.57. The number of methoxy groups -OCH3 is 1. The fourth-order valence-electron chi connectivity index (χ4n) is 4.30. The van der Waals surface area contributed by atoms with Crippen molar-refractivity contribution in [2.24, 2.45) is 0 Å². The first-order chi connectivity index (χ1) is 17.9. The largest absolute Gasteiger partial charge is 0.495 e. The van der Waals surface area contributed by atoms with Gasteiger partial charge in [0.25, 0.3) is 5.69 Å². The van der Waals surface area contributed by atoms with Crippen LogP contribution in [0.3, 0.4) is 0 Å². The minimum Gasteiger partial charge on any atom is -0.495 e. The zero-order chi connectivity index (χ0) is 26.2. The number of β-amino-alcohol motifs (C(OH)–C–C–N with tert-alkyl or cyclic N) is 1. The highest BCUT2D eigenvalue weighted by Gasteiger charge is 2.22. The van der Waals surface area contributed by atoms with Crippen molar-refractivity contribution in [3.05, 3.63) is 92.4 Å². The Balaban J connectivity index is 0.00000400. The van der Waals surface area contributed by atoms with Crippen molar-refractivity contribution in [2.45, 2.75) is 6.10 Å². The minimum absolute atomic E-state index is 0. The average Bonchev–Trinajstić information content (AvgIpc) is 2.92. The Labute approximate surface area is 237 Å². The second kappa shape index (κ2) is 14.2. The molecule has 1 unspecified atom stereocenters. The number of nitrogens with zero attached hydrogens (tertiary/aromatic N) is 3. The second-order valence-electron chi connectivity index (χ2n) is 8.76. The zero-order valence-corrected chi connectivity index (χ0v) is 23.4. The number of nitro groups is 1. The third-order valence-electron chi connectivity index (χ3n) is 6.25. The standard InChI is InChI=1S/C28H30BrN3O5.ClH/c1-36-28-9-5-4-8-26(28)31-16-14-30(15-17-31)19-24(33)20-37-27-13-12-23(32(34)35)18-22(27)11-10-21-6-2-3-7-25(21)29;/h2-13,18,24,33H,14-17,19-20H2,1H3;1H. The van der Waals surface area contributed by atoms with Crippen LogP contribution in [-0.4, -0.2) is 67.5 Å². The summed E-state index contributed by atoms with van der Waals surface area (Å²) < 4.78 is 12.3. The number of rotatable bonds is 10.